The second-order valence-corrected chi connectivity index (χ2v) is 6.27. The van der Waals surface area contributed by atoms with E-state index in [0.29, 0.717) is 12.0 Å². The highest BCUT2D eigenvalue weighted by atomic mass is 15.2. The van der Waals surface area contributed by atoms with Gasteiger partial charge in [0, 0.05) is 11.5 Å². The summed E-state index contributed by atoms with van der Waals surface area (Å²) in [5.74, 6) is 6.74. The maximum Gasteiger partial charge on any atom is 0.0335 e. The summed E-state index contributed by atoms with van der Waals surface area (Å²) in [6.07, 6.45) is 9.04. The van der Waals surface area contributed by atoms with E-state index in [2.05, 4.69) is 49.6 Å². The van der Waals surface area contributed by atoms with Gasteiger partial charge in [0.05, 0.1) is 0 Å². The lowest BCUT2D eigenvalue weighted by Gasteiger charge is -2.45. The maximum atomic E-state index is 6.03. The van der Waals surface area contributed by atoms with E-state index < -0.39 is 0 Å². The molecule has 1 fully saturated rings. The summed E-state index contributed by atoms with van der Waals surface area (Å²) in [5.41, 5.74) is 4.82. The average molecular weight is 274 g/mol. The van der Waals surface area contributed by atoms with Crippen molar-refractivity contribution in [2.45, 2.75) is 70.3 Å². The van der Waals surface area contributed by atoms with Crippen molar-refractivity contribution in [3.8, 4) is 0 Å². The van der Waals surface area contributed by atoms with Crippen LogP contribution in [0.1, 0.15) is 64.4 Å². The van der Waals surface area contributed by atoms with E-state index in [1.165, 1.54) is 37.7 Å². The molecule has 0 radical (unpaired) electrons. The second kappa shape index (κ2) is 7.24. The third kappa shape index (κ3) is 2.91. The first kappa shape index (κ1) is 15.5. The van der Waals surface area contributed by atoms with Crippen molar-refractivity contribution in [2.75, 3.05) is 0 Å². The number of nitrogens with two attached hydrogens (primary N) is 1. The van der Waals surface area contributed by atoms with Crippen LogP contribution in [-0.2, 0) is 5.41 Å². The quantitative estimate of drug-likeness (QED) is 0.604. The van der Waals surface area contributed by atoms with Crippen molar-refractivity contribution in [2.24, 2.45) is 11.8 Å². The highest BCUT2D eigenvalue weighted by Gasteiger charge is 2.41. The predicted molar refractivity (Wildman–Crippen MR) is 86.4 cm³/mol. The van der Waals surface area contributed by atoms with E-state index in [1.807, 2.05) is 0 Å². The van der Waals surface area contributed by atoms with Crippen molar-refractivity contribution < 1.29 is 0 Å². The van der Waals surface area contributed by atoms with Gasteiger partial charge in [-0.1, -0.05) is 63.4 Å². The number of hydrogen-bond donors (Lipinski definition) is 2. The molecule has 2 rings (SSSR count). The van der Waals surface area contributed by atoms with Crippen molar-refractivity contribution in [1.29, 1.82) is 0 Å². The maximum absolute atomic E-state index is 6.03. The molecule has 0 aliphatic heterocycles. The van der Waals surface area contributed by atoms with Crippen LogP contribution in [0.2, 0.25) is 0 Å². The van der Waals surface area contributed by atoms with Gasteiger partial charge in [-0.2, -0.15) is 0 Å². The SMILES string of the molecule is CCC(CC)(c1ccccc1)C(NN)C1CCCCC1. The molecule has 0 spiro atoms. The summed E-state index contributed by atoms with van der Waals surface area (Å²) in [4.78, 5) is 0. The second-order valence-electron chi connectivity index (χ2n) is 6.27. The van der Waals surface area contributed by atoms with E-state index in [9.17, 15) is 0 Å². The first-order valence-electron chi connectivity index (χ1n) is 8.30. The molecule has 1 aliphatic carbocycles. The molecule has 1 aromatic carbocycles. The molecular weight excluding hydrogens is 244 g/mol. The average Bonchev–Trinajstić information content (AvgIpc) is 2.54. The fraction of sp³-hybridized carbons (Fsp3) is 0.667. The Morgan fingerprint density at radius 3 is 2.20 bits per heavy atom. The van der Waals surface area contributed by atoms with Gasteiger partial charge in [-0.05, 0) is 37.2 Å². The van der Waals surface area contributed by atoms with Crippen LogP contribution in [0.3, 0.4) is 0 Å². The Morgan fingerprint density at radius 1 is 1.10 bits per heavy atom. The van der Waals surface area contributed by atoms with Gasteiger partial charge in [0.25, 0.3) is 0 Å². The number of hydrogen-bond acceptors (Lipinski definition) is 2. The standard InChI is InChI=1S/C18H30N2/c1-3-18(4-2,16-13-9-6-10-14-16)17(20-19)15-11-7-5-8-12-15/h6,9-10,13-15,17,20H,3-5,7-8,11-12,19H2,1-2H3. The Bertz CT molecular complexity index is 378. The largest absolute Gasteiger partial charge is 0.271 e. The summed E-state index contributed by atoms with van der Waals surface area (Å²) in [5, 5.41) is 0. The van der Waals surface area contributed by atoms with Crippen molar-refractivity contribution in [3.63, 3.8) is 0 Å². The lowest BCUT2D eigenvalue weighted by molar-refractivity contribution is 0.165. The van der Waals surface area contributed by atoms with Crippen LogP contribution in [-0.4, -0.2) is 6.04 Å². The number of hydrazine groups is 1. The predicted octanol–water partition coefficient (Wildman–Crippen LogP) is 4.16. The van der Waals surface area contributed by atoms with Gasteiger partial charge >= 0.3 is 0 Å². The van der Waals surface area contributed by atoms with E-state index in [4.69, 9.17) is 5.84 Å². The molecule has 1 unspecified atom stereocenters. The molecule has 2 heteroatoms. The Balaban J connectivity index is 2.33. The van der Waals surface area contributed by atoms with Gasteiger partial charge in [0.15, 0.2) is 0 Å². The molecule has 1 saturated carbocycles. The summed E-state index contributed by atoms with van der Waals surface area (Å²) in [6, 6.07) is 11.4. The molecular formula is C18H30N2. The van der Waals surface area contributed by atoms with Gasteiger partial charge in [0.1, 0.15) is 0 Å². The highest BCUT2D eigenvalue weighted by molar-refractivity contribution is 5.28. The van der Waals surface area contributed by atoms with Crippen LogP contribution in [0.25, 0.3) is 0 Å². The van der Waals surface area contributed by atoms with Gasteiger partial charge in [-0.3, -0.25) is 11.3 Å². The zero-order valence-electron chi connectivity index (χ0n) is 13.1. The fourth-order valence-electron chi connectivity index (χ4n) is 4.26. The minimum Gasteiger partial charge on any atom is -0.271 e. The molecule has 2 nitrogen and oxygen atoms in total. The fourth-order valence-corrected chi connectivity index (χ4v) is 4.26. The van der Waals surface area contributed by atoms with Crippen molar-refractivity contribution in [1.82, 2.24) is 5.43 Å². The smallest absolute Gasteiger partial charge is 0.0335 e. The van der Waals surface area contributed by atoms with Crippen molar-refractivity contribution in [3.05, 3.63) is 35.9 Å². The third-order valence-electron chi connectivity index (χ3n) is 5.51. The van der Waals surface area contributed by atoms with Gasteiger partial charge in [-0.25, -0.2) is 0 Å². The molecule has 1 aliphatic rings. The van der Waals surface area contributed by atoms with E-state index in [0.717, 1.165) is 12.8 Å². The van der Waals surface area contributed by atoms with Crippen molar-refractivity contribution >= 4 is 0 Å². The number of benzene rings is 1. The Morgan fingerprint density at radius 2 is 1.70 bits per heavy atom. The topological polar surface area (TPSA) is 38.0 Å². The highest BCUT2D eigenvalue weighted by Crippen LogP contribution is 2.41. The lowest BCUT2D eigenvalue weighted by Crippen LogP contribution is -2.55. The van der Waals surface area contributed by atoms with Crippen LogP contribution in [0.15, 0.2) is 30.3 Å². The van der Waals surface area contributed by atoms with Gasteiger partial charge < -0.3 is 0 Å². The summed E-state index contributed by atoms with van der Waals surface area (Å²) in [6.45, 7) is 4.62. The van der Waals surface area contributed by atoms with Crippen LogP contribution >= 0.6 is 0 Å². The zero-order chi connectivity index (χ0) is 14.4. The van der Waals surface area contributed by atoms with Crippen LogP contribution in [0.5, 0.6) is 0 Å². The monoisotopic (exact) mass is 274 g/mol. The van der Waals surface area contributed by atoms with Gasteiger partial charge in [0.2, 0.25) is 0 Å². The van der Waals surface area contributed by atoms with E-state index >= 15 is 0 Å². The summed E-state index contributed by atoms with van der Waals surface area (Å²) >= 11 is 0. The van der Waals surface area contributed by atoms with E-state index in [-0.39, 0.29) is 5.41 Å². The zero-order valence-corrected chi connectivity index (χ0v) is 13.1. The molecule has 0 aromatic heterocycles. The van der Waals surface area contributed by atoms with Crippen LogP contribution < -0.4 is 11.3 Å². The normalized spacial score (nSPS) is 18.9. The van der Waals surface area contributed by atoms with E-state index in [1.54, 1.807) is 0 Å². The summed E-state index contributed by atoms with van der Waals surface area (Å²) in [7, 11) is 0. The molecule has 1 atom stereocenters. The molecule has 0 saturated heterocycles. The first-order chi connectivity index (χ1) is 9.78. The molecule has 112 valence electrons. The molecule has 3 N–H and O–H groups in total. The Kier molecular flexibility index (Phi) is 5.62. The summed E-state index contributed by atoms with van der Waals surface area (Å²) < 4.78 is 0. The minimum atomic E-state index is 0.165. The van der Waals surface area contributed by atoms with Crippen LogP contribution in [0, 0.1) is 5.92 Å². The molecule has 0 heterocycles. The minimum absolute atomic E-state index is 0.165. The molecule has 1 aromatic rings. The molecule has 0 bridgehead atoms. The third-order valence-corrected chi connectivity index (χ3v) is 5.51. The van der Waals surface area contributed by atoms with Crippen LogP contribution in [0.4, 0.5) is 0 Å². The number of nitrogens with one attached hydrogen (secondary N) is 1. The first-order valence-corrected chi connectivity index (χ1v) is 8.30. The molecule has 20 heavy (non-hydrogen) atoms. The van der Waals surface area contributed by atoms with Gasteiger partial charge in [-0.15, -0.1) is 0 Å². The Hall–Kier alpha value is -0.860. The number of rotatable bonds is 6. The Labute approximate surface area is 124 Å². The lowest BCUT2D eigenvalue weighted by atomic mass is 9.64. The molecule has 0 amide bonds.